The Kier molecular flexibility index (Phi) is 4.20. The van der Waals surface area contributed by atoms with Gasteiger partial charge in [0.1, 0.15) is 17.4 Å². The average molecular weight is 413 g/mol. The molecule has 0 aliphatic carbocycles. The van der Waals surface area contributed by atoms with Crippen LogP contribution in [0.2, 0.25) is 0 Å². The first-order chi connectivity index (χ1) is 14.1. The Bertz CT molecular complexity index is 1200. The maximum absolute atomic E-state index is 13.8. The summed E-state index contributed by atoms with van der Waals surface area (Å²) in [5.41, 5.74) is 0.995. The van der Waals surface area contributed by atoms with Gasteiger partial charge in [0.25, 0.3) is 0 Å². The predicted molar refractivity (Wildman–Crippen MR) is 102 cm³/mol. The normalized spacial score (nSPS) is 14.2. The van der Waals surface area contributed by atoms with Crippen molar-refractivity contribution in [2.45, 2.75) is 6.10 Å². The van der Waals surface area contributed by atoms with Crippen molar-refractivity contribution in [3.05, 3.63) is 66.0 Å². The van der Waals surface area contributed by atoms with Crippen molar-refractivity contribution in [2.75, 3.05) is 18.0 Å². The van der Waals surface area contributed by atoms with E-state index in [-0.39, 0.29) is 17.3 Å². The Balaban J connectivity index is 1.22. The van der Waals surface area contributed by atoms with E-state index in [1.54, 1.807) is 0 Å². The van der Waals surface area contributed by atoms with E-state index in [0.29, 0.717) is 22.9 Å². The van der Waals surface area contributed by atoms with Gasteiger partial charge in [-0.1, -0.05) is 29.5 Å². The molecule has 1 aliphatic rings. The summed E-state index contributed by atoms with van der Waals surface area (Å²) in [6.45, 7) is 0.838. The summed E-state index contributed by atoms with van der Waals surface area (Å²) in [4.78, 5) is 19.7. The molecule has 5 rings (SSSR count). The first-order valence-electron chi connectivity index (χ1n) is 8.76. The van der Waals surface area contributed by atoms with Crippen LogP contribution in [0.3, 0.4) is 0 Å². The van der Waals surface area contributed by atoms with Crippen LogP contribution in [0.1, 0.15) is 10.5 Å². The minimum atomic E-state index is -0.687. The number of para-hydroxylation sites is 1. The number of hydrogen-bond acceptors (Lipinski definition) is 7. The number of carbonyl (C=O) groups is 1. The number of fused-ring (bicyclic) bond motifs is 1. The van der Waals surface area contributed by atoms with E-state index in [2.05, 4.69) is 15.2 Å². The van der Waals surface area contributed by atoms with Gasteiger partial charge in [-0.3, -0.25) is 0 Å². The van der Waals surface area contributed by atoms with Gasteiger partial charge in [0.15, 0.2) is 16.6 Å². The topological polar surface area (TPSA) is 73.1 Å². The van der Waals surface area contributed by atoms with Gasteiger partial charge in [-0.2, -0.15) is 9.90 Å². The lowest BCUT2D eigenvalue weighted by Gasteiger charge is -2.37. The predicted octanol–water partition coefficient (Wildman–Crippen LogP) is 3.20. The molecular weight excluding hydrogens is 400 g/mol. The van der Waals surface area contributed by atoms with Gasteiger partial charge in [-0.25, -0.2) is 18.6 Å². The summed E-state index contributed by atoms with van der Waals surface area (Å²) in [7, 11) is 0. The molecule has 0 spiro atoms. The van der Waals surface area contributed by atoms with Crippen molar-refractivity contribution in [1.29, 1.82) is 0 Å². The Labute approximate surface area is 167 Å². The molecule has 0 bridgehead atoms. The number of hydrogen-bond donors (Lipinski definition) is 0. The molecule has 1 saturated heterocycles. The maximum Gasteiger partial charge on any atom is 0.360 e. The van der Waals surface area contributed by atoms with Crippen LogP contribution < -0.4 is 4.90 Å². The van der Waals surface area contributed by atoms with Crippen molar-refractivity contribution in [2.24, 2.45) is 0 Å². The van der Waals surface area contributed by atoms with Crippen LogP contribution in [0.5, 0.6) is 0 Å². The Morgan fingerprint density at radius 3 is 2.76 bits per heavy atom. The summed E-state index contributed by atoms with van der Waals surface area (Å²) < 4.78 is 33.0. The third-order valence-electron chi connectivity index (χ3n) is 4.48. The molecule has 0 amide bonds. The van der Waals surface area contributed by atoms with Gasteiger partial charge in [0, 0.05) is 6.07 Å². The monoisotopic (exact) mass is 413 g/mol. The number of ether oxygens (including phenoxy) is 1. The number of carbonyl (C=O) groups excluding carboxylic acids is 1. The van der Waals surface area contributed by atoms with Crippen LogP contribution in [0.4, 0.5) is 13.9 Å². The highest BCUT2D eigenvalue weighted by Gasteiger charge is 2.33. The molecular formula is C19H13F2N5O2S. The van der Waals surface area contributed by atoms with Crippen molar-refractivity contribution in [3.8, 4) is 5.69 Å². The molecule has 10 heteroatoms. The van der Waals surface area contributed by atoms with Gasteiger partial charge >= 0.3 is 5.97 Å². The SMILES string of the molecule is O=C(OC1CN(c2nc3c(F)cc(F)cc3s2)C1)c1cnn(-c2ccccc2)n1. The molecule has 7 nitrogen and oxygen atoms in total. The lowest BCUT2D eigenvalue weighted by molar-refractivity contribution is 0.0227. The van der Waals surface area contributed by atoms with E-state index in [9.17, 15) is 13.6 Å². The molecule has 4 aromatic rings. The van der Waals surface area contributed by atoms with Gasteiger partial charge < -0.3 is 9.64 Å². The molecule has 0 atom stereocenters. The molecule has 2 aromatic heterocycles. The molecule has 146 valence electrons. The maximum atomic E-state index is 13.8. The summed E-state index contributed by atoms with van der Waals surface area (Å²) in [6.07, 6.45) is 1.02. The highest BCUT2D eigenvalue weighted by Crippen LogP contribution is 2.33. The number of benzene rings is 2. The number of halogens is 2. The number of esters is 1. The molecule has 0 N–H and O–H groups in total. The second kappa shape index (κ2) is 6.89. The van der Waals surface area contributed by atoms with Crippen LogP contribution in [0, 0.1) is 11.6 Å². The smallest absolute Gasteiger partial charge is 0.360 e. The number of anilines is 1. The summed E-state index contributed by atoms with van der Waals surface area (Å²) in [5, 5.41) is 8.79. The van der Waals surface area contributed by atoms with Gasteiger partial charge in [0.05, 0.1) is 29.7 Å². The molecule has 0 saturated carbocycles. The molecule has 0 radical (unpaired) electrons. The molecule has 1 aliphatic heterocycles. The Hall–Kier alpha value is -3.40. The molecule has 2 aromatic carbocycles. The second-order valence-electron chi connectivity index (χ2n) is 6.52. The minimum Gasteiger partial charge on any atom is -0.454 e. The second-order valence-corrected chi connectivity index (χ2v) is 7.53. The molecule has 0 unspecified atom stereocenters. The van der Waals surface area contributed by atoms with E-state index < -0.39 is 17.6 Å². The highest BCUT2D eigenvalue weighted by molar-refractivity contribution is 7.22. The van der Waals surface area contributed by atoms with E-state index >= 15 is 0 Å². The summed E-state index contributed by atoms with van der Waals surface area (Å²) >= 11 is 1.20. The number of rotatable bonds is 4. The lowest BCUT2D eigenvalue weighted by Crippen LogP contribution is -2.53. The highest BCUT2D eigenvalue weighted by atomic mass is 32.1. The van der Waals surface area contributed by atoms with Gasteiger partial charge in [-0.05, 0) is 18.2 Å². The van der Waals surface area contributed by atoms with E-state index in [0.717, 1.165) is 11.8 Å². The summed E-state index contributed by atoms with van der Waals surface area (Å²) in [5.74, 6) is -1.88. The van der Waals surface area contributed by atoms with Crippen molar-refractivity contribution < 1.29 is 18.3 Å². The zero-order valence-corrected chi connectivity index (χ0v) is 15.6. The zero-order chi connectivity index (χ0) is 20.0. The van der Waals surface area contributed by atoms with Crippen molar-refractivity contribution in [3.63, 3.8) is 0 Å². The van der Waals surface area contributed by atoms with Gasteiger partial charge in [-0.15, -0.1) is 5.10 Å². The number of aromatic nitrogens is 4. The van der Waals surface area contributed by atoms with Crippen molar-refractivity contribution in [1.82, 2.24) is 20.0 Å². The summed E-state index contributed by atoms with van der Waals surface area (Å²) in [6, 6.07) is 11.3. The van der Waals surface area contributed by atoms with Crippen LogP contribution in [-0.4, -0.2) is 45.1 Å². The van der Waals surface area contributed by atoms with E-state index in [4.69, 9.17) is 4.74 Å². The van der Waals surface area contributed by atoms with E-state index in [1.807, 2.05) is 35.2 Å². The van der Waals surface area contributed by atoms with Crippen LogP contribution in [0.15, 0.2) is 48.7 Å². The Morgan fingerprint density at radius 2 is 1.97 bits per heavy atom. The minimum absolute atomic E-state index is 0.116. The van der Waals surface area contributed by atoms with Crippen LogP contribution in [-0.2, 0) is 4.74 Å². The molecule has 3 heterocycles. The Morgan fingerprint density at radius 1 is 1.17 bits per heavy atom. The van der Waals surface area contributed by atoms with Crippen molar-refractivity contribution >= 4 is 32.7 Å². The fraction of sp³-hybridized carbons (Fsp3) is 0.158. The molecule has 29 heavy (non-hydrogen) atoms. The van der Waals surface area contributed by atoms with Crippen LogP contribution >= 0.6 is 11.3 Å². The molecule has 1 fully saturated rings. The lowest BCUT2D eigenvalue weighted by atomic mass is 10.2. The first kappa shape index (κ1) is 17.7. The van der Waals surface area contributed by atoms with Gasteiger partial charge in [0.2, 0.25) is 0 Å². The third kappa shape index (κ3) is 3.31. The van der Waals surface area contributed by atoms with E-state index in [1.165, 1.54) is 28.4 Å². The zero-order valence-electron chi connectivity index (χ0n) is 14.8. The fourth-order valence-corrected chi connectivity index (χ4v) is 4.03. The number of nitrogens with zero attached hydrogens (tertiary/aromatic N) is 5. The first-order valence-corrected chi connectivity index (χ1v) is 9.58. The third-order valence-corrected chi connectivity index (χ3v) is 5.55. The quantitative estimate of drug-likeness (QED) is 0.479. The standard InChI is InChI=1S/C19H13F2N5O2S/c20-11-6-14(21)17-16(7-11)29-19(23-17)25-9-13(10-25)28-18(27)15-8-22-26(24-15)12-4-2-1-3-5-12/h1-8,13H,9-10H2. The largest absolute Gasteiger partial charge is 0.454 e. The fourth-order valence-electron chi connectivity index (χ4n) is 3.00. The van der Waals surface area contributed by atoms with Crippen LogP contribution in [0.25, 0.3) is 15.9 Å². The number of thiazole rings is 1. The average Bonchev–Trinajstić information content (AvgIpc) is 3.32.